The summed E-state index contributed by atoms with van der Waals surface area (Å²) in [5.74, 6) is 0.180. The fraction of sp³-hybridized carbons (Fsp3) is 0.167. The zero-order valence-corrected chi connectivity index (χ0v) is 9.44. The number of hydrogen-bond donors (Lipinski definition) is 0. The van der Waals surface area contributed by atoms with E-state index in [1.54, 1.807) is 19.2 Å². The molecule has 0 saturated carbocycles. The number of halogens is 1. The summed E-state index contributed by atoms with van der Waals surface area (Å²) in [4.78, 5) is 0. The number of benzene rings is 1. The highest BCUT2D eigenvalue weighted by Crippen LogP contribution is 2.30. The maximum atomic E-state index is 13.2. The minimum absolute atomic E-state index is 0.286. The van der Waals surface area contributed by atoms with Crippen LogP contribution in [0.3, 0.4) is 0 Å². The van der Waals surface area contributed by atoms with E-state index in [0.29, 0.717) is 17.0 Å². The van der Waals surface area contributed by atoms with Crippen LogP contribution in [0, 0.1) is 17.1 Å². The molecule has 1 aromatic heterocycles. The first-order chi connectivity index (χ1) is 8.15. The van der Waals surface area contributed by atoms with Gasteiger partial charge < -0.3 is 4.74 Å². The molecule has 0 unspecified atom stereocenters. The fourth-order valence-electron chi connectivity index (χ4n) is 1.65. The third-order valence-corrected chi connectivity index (χ3v) is 2.43. The summed E-state index contributed by atoms with van der Waals surface area (Å²) >= 11 is 0. The summed E-state index contributed by atoms with van der Waals surface area (Å²) in [5, 5.41) is 12.8. The summed E-state index contributed by atoms with van der Waals surface area (Å²) in [7, 11) is 3.21. The standard InChI is InChI=1S/C12H10FN3O/c1-16-11(6-9(7-14)15-16)10-5-8(13)3-4-12(10)17-2/h3-6H,1-2H3. The van der Waals surface area contributed by atoms with Crippen LogP contribution in [0.1, 0.15) is 5.69 Å². The van der Waals surface area contributed by atoms with E-state index in [1.807, 2.05) is 6.07 Å². The van der Waals surface area contributed by atoms with Gasteiger partial charge >= 0.3 is 0 Å². The van der Waals surface area contributed by atoms with Crippen LogP contribution in [-0.4, -0.2) is 16.9 Å². The van der Waals surface area contributed by atoms with Gasteiger partial charge in [-0.15, -0.1) is 0 Å². The second-order valence-electron chi connectivity index (χ2n) is 3.49. The Labute approximate surface area is 97.9 Å². The molecule has 86 valence electrons. The molecule has 0 bridgehead atoms. The third-order valence-electron chi connectivity index (χ3n) is 2.43. The van der Waals surface area contributed by atoms with Crippen LogP contribution in [0.2, 0.25) is 0 Å². The maximum absolute atomic E-state index is 13.2. The lowest BCUT2D eigenvalue weighted by molar-refractivity contribution is 0.415. The monoisotopic (exact) mass is 231 g/mol. The predicted octanol–water partition coefficient (Wildman–Crippen LogP) is 2.11. The zero-order valence-electron chi connectivity index (χ0n) is 9.44. The summed E-state index contributed by atoms with van der Waals surface area (Å²) < 4.78 is 19.9. The fourth-order valence-corrected chi connectivity index (χ4v) is 1.65. The van der Waals surface area contributed by atoms with Crippen molar-refractivity contribution in [2.24, 2.45) is 7.05 Å². The molecule has 17 heavy (non-hydrogen) atoms. The van der Waals surface area contributed by atoms with Gasteiger partial charge in [-0.25, -0.2) is 4.39 Å². The van der Waals surface area contributed by atoms with Gasteiger partial charge in [0, 0.05) is 18.7 Å². The average molecular weight is 231 g/mol. The van der Waals surface area contributed by atoms with Crippen molar-refractivity contribution in [1.82, 2.24) is 9.78 Å². The lowest BCUT2D eigenvalue weighted by Gasteiger charge is -2.08. The van der Waals surface area contributed by atoms with Crippen molar-refractivity contribution in [2.45, 2.75) is 0 Å². The van der Waals surface area contributed by atoms with Crippen LogP contribution >= 0.6 is 0 Å². The van der Waals surface area contributed by atoms with E-state index in [4.69, 9.17) is 10.00 Å². The Kier molecular flexibility index (Phi) is 2.79. The van der Waals surface area contributed by atoms with Gasteiger partial charge in [-0.2, -0.15) is 10.4 Å². The quantitative estimate of drug-likeness (QED) is 0.795. The molecule has 5 heteroatoms. The molecule has 0 saturated heterocycles. The van der Waals surface area contributed by atoms with Crippen molar-refractivity contribution < 1.29 is 9.13 Å². The Morgan fingerprint density at radius 3 is 2.76 bits per heavy atom. The van der Waals surface area contributed by atoms with Crippen LogP contribution in [0.25, 0.3) is 11.3 Å². The topological polar surface area (TPSA) is 50.8 Å². The Morgan fingerprint density at radius 2 is 2.18 bits per heavy atom. The molecule has 0 amide bonds. The molecule has 0 aliphatic heterocycles. The molecule has 0 radical (unpaired) electrons. The molecule has 0 atom stereocenters. The number of methoxy groups -OCH3 is 1. The van der Waals surface area contributed by atoms with E-state index >= 15 is 0 Å². The molecule has 2 aromatic rings. The third kappa shape index (κ3) is 1.97. The number of aromatic nitrogens is 2. The molecule has 0 aliphatic rings. The van der Waals surface area contributed by atoms with Crippen molar-refractivity contribution in [3.8, 4) is 23.1 Å². The minimum atomic E-state index is -0.361. The lowest BCUT2D eigenvalue weighted by Crippen LogP contribution is -1.96. The van der Waals surface area contributed by atoms with Crippen LogP contribution < -0.4 is 4.74 Å². The molecule has 1 heterocycles. The normalized spacial score (nSPS) is 10.0. The molecular formula is C12H10FN3O. The highest BCUT2D eigenvalue weighted by molar-refractivity contribution is 5.68. The molecule has 0 aliphatic carbocycles. The summed E-state index contributed by atoms with van der Waals surface area (Å²) in [6, 6.07) is 7.76. The van der Waals surface area contributed by atoms with Crippen molar-refractivity contribution in [1.29, 1.82) is 5.26 Å². The van der Waals surface area contributed by atoms with Gasteiger partial charge in [0.05, 0.1) is 12.8 Å². The number of rotatable bonds is 2. The van der Waals surface area contributed by atoms with E-state index < -0.39 is 0 Å². The van der Waals surface area contributed by atoms with E-state index in [1.165, 1.54) is 23.9 Å². The molecule has 0 fully saturated rings. The number of ether oxygens (including phenoxy) is 1. The molecule has 0 N–H and O–H groups in total. The van der Waals surface area contributed by atoms with E-state index in [2.05, 4.69) is 5.10 Å². The summed E-state index contributed by atoms with van der Waals surface area (Å²) in [6.07, 6.45) is 0. The Balaban J connectivity index is 2.63. The maximum Gasteiger partial charge on any atom is 0.163 e. The van der Waals surface area contributed by atoms with Crippen molar-refractivity contribution in [3.05, 3.63) is 35.8 Å². The Bertz CT molecular complexity index is 598. The second-order valence-corrected chi connectivity index (χ2v) is 3.49. The summed E-state index contributed by atoms with van der Waals surface area (Å²) in [6.45, 7) is 0. The highest BCUT2D eigenvalue weighted by atomic mass is 19.1. The molecule has 0 spiro atoms. The van der Waals surface area contributed by atoms with Gasteiger partial charge in [0.15, 0.2) is 5.69 Å². The number of nitriles is 1. The van der Waals surface area contributed by atoms with Crippen LogP contribution in [0.4, 0.5) is 4.39 Å². The Morgan fingerprint density at radius 1 is 1.41 bits per heavy atom. The van der Waals surface area contributed by atoms with Gasteiger partial charge in [0.25, 0.3) is 0 Å². The van der Waals surface area contributed by atoms with E-state index in [-0.39, 0.29) is 11.5 Å². The van der Waals surface area contributed by atoms with E-state index in [9.17, 15) is 4.39 Å². The van der Waals surface area contributed by atoms with E-state index in [0.717, 1.165) is 0 Å². The first-order valence-corrected chi connectivity index (χ1v) is 4.93. The highest BCUT2D eigenvalue weighted by Gasteiger charge is 2.12. The van der Waals surface area contributed by atoms with Crippen molar-refractivity contribution >= 4 is 0 Å². The Hall–Kier alpha value is -2.35. The molecule has 1 aromatic carbocycles. The van der Waals surface area contributed by atoms with Gasteiger partial charge in [-0.05, 0) is 18.2 Å². The van der Waals surface area contributed by atoms with Crippen LogP contribution in [0.5, 0.6) is 5.75 Å². The number of nitrogens with zero attached hydrogens (tertiary/aromatic N) is 3. The average Bonchev–Trinajstić information content (AvgIpc) is 2.70. The lowest BCUT2D eigenvalue weighted by atomic mass is 10.1. The number of hydrogen-bond acceptors (Lipinski definition) is 3. The molecular weight excluding hydrogens is 221 g/mol. The predicted molar refractivity (Wildman–Crippen MR) is 59.9 cm³/mol. The van der Waals surface area contributed by atoms with Gasteiger partial charge in [0.1, 0.15) is 17.6 Å². The second kappa shape index (κ2) is 4.26. The van der Waals surface area contributed by atoms with Gasteiger partial charge in [-0.1, -0.05) is 0 Å². The zero-order chi connectivity index (χ0) is 12.4. The largest absolute Gasteiger partial charge is 0.496 e. The van der Waals surface area contributed by atoms with Crippen LogP contribution in [0.15, 0.2) is 24.3 Å². The van der Waals surface area contributed by atoms with Crippen molar-refractivity contribution in [3.63, 3.8) is 0 Å². The van der Waals surface area contributed by atoms with Gasteiger partial charge in [-0.3, -0.25) is 4.68 Å². The SMILES string of the molecule is COc1ccc(F)cc1-c1cc(C#N)nn1C. The summed E-state index contributed by atoms with van der Waals surface area (Å²) in [5.41, 5.74) is 1.50. The van der Waals surface area contributed by atoms with Gasteiger partial charge in [0.2, 0.25) is 0 Å². The van der Waals surface area contributed by atoms with Crippen molar-refractivity contribution in [2.75, 3.05) is 7.11 Å². The first kappa shape index (κ1) is 11.1. The number of aryl methyl sites for hydroxylation is 1. The smallest absolute Gasteiger partial charge is 0.163 e. The molecule has 2 rings (SSSR count). The van der Waals surface area contributed by atoms with Crippen LogP contribution in [-0.2, 0) is 7.05 Å². The minimum Gasteiger partial charge on any atom is -0.496 e. The first-order valence-electron chi connectivity index (χ1n) is 4.93. The molecule has 4 nitrogen and oxygen atoms in total.